The predicted molar refractivity (Wildman–Crippen MR) is 41.9 cm³/mol. The van der Waals surface area contributed by atoms with Gasteiger partial charge in [-0.15, -0.1) is 0 Å². The van der Waals surface area contributed by atoms with Crippen molar-refractivity contribution in [1.29, 1.82) is 0 Å². The van der Waals surface area contributed by atoms with Gasteiger partial charge in [-0.3, -0.25) is 0 Å². The van der Waals surface area contributed by atoms with Crippen LogP contribution in [-0.4, -0.2) is 52.1 Å². The molecule has 0 bridgehead atoms. The highest BCUT2D eigenvalue weighted by Gasteiger charge is 2.67. The fraction of sp³-hybridized carbons (Fsp3) is 1.00. The molecule has 2 fully saturated rings. The molecule has 0 aromatic carbocycles. The second-order valence-electron chi connectivity index (χ2n) is 3.88. The van der Waals surface area contributed by atoms with E-state index in [1.54, 1.807) is 6.92 Å². The molecule has 4 unspecified atom stereocenters. The van der Waals surface area contributed by atoms with E-state index in [1.165, 1.54) is 0 Å². The van der Waals surface area contributed by atoms with E-state index in [-0.39, 0.29) is 13.0 Å². The summed E-state index contributed by atoms with van der Waals surface area (Å²) >= 11 is 0. The minimum absolute atomic E-state index is 0.0869. The van der Waals surface area contributed by atoms with E-state index in [1.807, 2.05) is 0 Å². The third kappa shape index (κ3) is 1.19. The summed E-state index contributed by atoms with van der Waals surface area (Å²) in [5, 5.41) is 28.0. The molecule has 2 aliphatic heterocycles. The van der Waals surface area contributed by atoms with Gasteiger partial charge in [0.15, 0.2) is 0 Å². The molecule has 2 heterocycles. The Morgan fingerprint density at radius 2 is 2.00 bits per heavy atom. The van der Waals surface area contributed by atoms with E-state index in [2.05, 4.69) is 0 Å². The first-order valence-electron chi connectivity index (χ1n) is 4.35. The van der Waals surface area contributed by atoms with Crippen LogP contribution in [0.1, 0.15) is 13.3 Å². The number of hydrogen-bond donors (Lipinski definition) is 3. The third-order valence-electron chi connectivity index (χ3n) is 2.82. The zero-order chi connectivity index (χ0) is 9.69. The van der Waals surface area contributed by atoms with E-state index in [9.17, 15) is 10.2 Å². The first-order chi connectivity index (χ1) is 6.04. The summed E-state index contributed by atoms with van der Waals surface area (Å²) in [5.41, 5.74) is -0.898. The van der Waals surface area contributed by atoms with Crippen LogP contribution < -0.4 is 0 Å². The number of rotatable bonds is 2. The Balaban J connectivity index is 2.15. The minimum atomic E-state index is -1.01. The van der Waals surface area contributed by atoms with Crippen molar-refractivity contribution in [2.75, 3.05) is 13.2 Å². The lowest BCUT2D eigenvalue weighted by molar-refractivity contribution is -0.125. The molecule has 0 radical (unpaired) electrons. The standard InChI is InChI=1S/C8H14O5/c1-7(2-3-9)5(10)6(11)8(13-7)4-12-8/h5-6,9-11H,2-4H2,1H3. The molecule has 0 aliphatic carbocycles. The van der Waals surface area contributed by atoms with Crippen molar-refractivity contribution in [2.24, 2.45) is 0 Å². The molecule has 0 aromatic rings. The number of epoxide rings is 1. The second kappa shape index (κ2) is 2.65. The molecule has 0 aromatic heterocycles. The van der Waals surface area contributed by atoms with Gasteiger partial charge >= 0.3 is 0 Å². The van der Waals surface area contributed by atoms with Gasteiger partial charge in [-0.2, -0.15) is 0 Å². The SMILES string of the molecule is CC1(CCO)OC2(CO2)C(O)C1O. The van der Waals surface area contributed by atoms with E-state index in [0.717, 1.165) is 0 Å². The molecule has 0 amide bonds. The van der Waals surface area contributed by atoms with Crippen LogP contribution in [0.4, 0.5) is 0 Å². The van der Waals surface area contributed by atoms with Crippen LogP contribution in [0.3, 0.4) is 0 Å². The van der Waals surface area contributed by atoms with E-state index >= 15 is 0 Å². The van der Waals surface area contributed by atoms with Crippen LogP contribution in [0, 0.1) is 0 Å². The second-order valence-corrected chi connectivity index (χ2v) is 3.88. The van der Waals surface area contributed by atoms with Gasteiger partial charge in [0.25, 0.3) is 0 Å². The summed E-state index contributed by atoms with van der Waals surface area (Å²) < 4.78 is 10.4. The Kier molecular flexibility index (Phi) is 1.91. The van der Waals surface area contributed by atoms with Gasteiger partial charge < -0.3 is 24.8 Å². The van der Waals surface area contributed by atoms with Crippen LogP contribution in [0.2, 0.25) is 0 Å². The number of aliphatic hydroxyl groups is 3. The van der Waals surface area contributed by atoms with Crippen molar-refractivity contribution in [3.63, 3.8) is 0 Å². The van der Waals surface area contributed by atoms with Gasteiger partial charge in [-0.1, -0.05) is 0 Å². The number of ether oxygens (including phenoxy) is 2. The molecule has 5 nitrogen and oxygen atoms in total. The summed E-state index contributed by atoms with van der Waals surface area (Å²) in [6.07, 6.45) is -1.72. The normalized spacial score (nSPS) is 54.5. The lowest BCUT2D eigenvalue weighted by Gasteiger charge is -2.25. The van der Waals surface area contributed by atoms with Gasteiger partial charge in [-0.05, 0) is 6.92 Å². The first-order valence-corrected chi connectivity index (χ1v) is 4.35. The average molecular weight is 190 g/mol. The zero-order valence-corrected chi connectivity index (χ0v) is 7.43. The van der Waals surface area contributed by atoms with Gasteiger partial charge in [-0.25, -0.2) is 0 Å². The maximum atomic E-state index is 9.66. The highest BCUT2D eigenvalue weighted by Crippen LogP contribution is 2.47. The van der Waals surface area contributed by atoms with E-state index < -0.39 is 23.6 Å². The quantitative estimate of drug-likeness (QED) is 0.467. The minimum Gasteiger partial charge on any atom is -0.396 e. The molecular formula is C8H14O5. The topological polar surface area (TPSA) is 82.5 Å². The maximum Gasteiger partial charge on any atom is 0.222 e. The van der Waals surface area contributed by atoms with Crippen LogP contribution in [-0.2, 0) is 9.47 Å². The maximum absolute atomic E-state index is 9.66. The molecular weight excluding hydrogens is 176 g/mol. The molecule has 76 valence electrons. The summed E-state index contributed by atoms with van der Waals surface area (Å²) in [5.74, 6) is -0.997. The Bertz CT molecular complexity index is 215. The van der Waals surface area contributed by atoms with Gasteiger partial charge in [0.05, 0.1) is 5.60 Å². The van der Waals surface area contributed by atoms with E-state index in [0.29, 0.717) is 6.61 Å². The summed E-state index contributed by atoms with van der Waals surface area (Å²) in [6, 6.07) is 0. The van der Waals surface area contributed by atoms with Gasteiger partial charge in [0, 0.05) is 13.0 Å². The smallest absolute Gasteiger partial charge is 0.222 e. The lowest BCUT2D eigenvalue weighted by atomic mass is 9.94. The first kappa shape index (κ1) is 9.36. The highest BCUT2D eigenvalue weighted by atomic mass is 16.8. The largest absolute Gasteiger partial charge is 0.396 e. The van der Waals surface area contributed by atoms with Crippen molar-refractivity contribution in [1.82, 2.24) is 0 Å². The van der Waals surface area contributed by atoms with Crippen molar-refractivity contribution in [3.8, 4) is 0 Å². The van der Waals surface area contributed by atoms with Gasteiger partial charge in [0.2, 0.25) is 5.79 Å². The lowest BCUT2D eigenvalue weighted by Crippen LogP contribution is -2.41. The fourth-order valence-electron chi connectivity index (χ4n) is 1.81. The van der Waals surface area contributed by atoms with E-state index in [4.69, 9.17) is 14.6 Å². The summed E-state index contributed by atoms with van der Waals surface area (Å²) in [6.45, 7) is 1.89. The van der Waals surface area contributed by atoms with Crippen molar-refractivity contribution < 1.29 is 24.8 Å². The van der Waals surface area contributed by atoms with Crippen molar-refractivity contribution in [3.05, 3.63) is 0 Å². The molecule has 13 heavy (non-hydrogen) atoms. The monoisotopic (exact) mass is 190 g/mol. The van der Waals surface area contributed by atoms with Gasteiger partial charge in [0.1, 0.15) is 18.8 Å². The molecule has 0 saturated carbocycles. The molecule has 2 saturated heterocycles. The number of aliphatic hydroxyl groups excluding tert-OH is 3. The predicted octanol–water partition coefficient (Wildman–Crippen LogP) is -1.39. The molecule has 1 spiro atoms. The van der Waals surface area contributed by atoms with Crippen molar-refractivity contribution in [2.45, 2.75) is 36.9 Å². The highest BCUT2D eigenvalue weighted by molar-refractivity contribution is 5.08. The molecule has 4 atom stereocenters. The Morgan fingerprint density at radius 1 is 1.38 bits per heavy atom. The van der Waals surface area contributed by atoms with Crippen LogP contribution in [0.25, 0.3) is 0 Å². The Labute approximate surface area is 75.9 Å². The number of hydrogen-bond acceptors (Lipinski definition) is 5. The summed E-state index contributed by atoms with van der Waals surface area (Å²) in [4.78, 5) is 0. The Morgan fingerprint density at radius 3 is 2.38 bits per heavy atom. The zero-order valence-electron chi connectivity index (χ0n) is 7.43. The Hall–Kier alpha value is -0.200. The molecule has 2 rings (SSSR count). The molecule has 5 heteroatoms. The average Bonchev–Trinajstić information content (AvgIpc) is 2.80. The molecule has 2 aliphatic rings. The van der Waals surface area contributed by atoms with Crippen LogP contribution in [0.5, 0.6) is 0 Å². The summed E-state index contributed by atoms with van der Waals surface area (Å²) in [7, 11) is 0. The fourth-order valence-corrected chi connectivity index (χ4v) is 1.81. The molecule has 3 N–H and O–H groups in total. The van der Waals surface area contributed by atoms with Crippen LogP contribution in [0.15, 0.2) is 0 Å². The van der Waals surface area contributed by atoms with Crippen molar-refractivity contribution >= 4 is 0 Å². The third-order valence-corrected chi connectivity index (χ3v) is 2.82. The van der Waals surface area contributed by atoms with Crippen LogP contribution >= 0.6 is 0 Å².